The van der Waals surface area contributed by atoms with E-state index in [9.17, 15) is 8.42 Å². The second-order valence-electron chi connectivity index (χ2n) is 5.09. The van der Waals surface area contributed by atoms with Gasteiger partial charge in [0, 0.05) is 16.4 Å². The fraction of sp³-hybridized carbons (Fsp3) is 0.118. The van der Waals surface area contributed by atoms with Gasteiger partial charge in [-0.2, -0.15) is 8.42 Å². The van der Waals surface area contributed by atoms with Crippen LogP contribution in [0.25, 0.3) is 11.3 Å². The largest absolute Gasteiger partial charge is 0.312 e. The predicted molar refractivity (Wildman–Crippen MR) is 107 cm³/mol. The number of allylic oxidation sites excluding steroid dienone is 2. The number of hydrogen-bond donors (Lipinski definition) is 0. The van der Waals surface area contributed by atoms with Gasteiger partial charge in [-0.25, -0.2) is 0 Å². The van der Waals surface area contributed by atoms with Gasteiger partial charge in [-0.3, -0.25) is 0 Å². The van der Waals surface area contributed by atoms with Gasteiger partial charge >= 0.3 is 0 Å². The van der Waals surface area contributed by atoms with Crippen molar-refractivity contribution in [3.8, 4) is 11.3 Å². The van der Waals surface area contributed by atoms with E-state index in [4.69, 9.17) is 0 Å². The summed E-state index contributed by atoms with van der Waals surface area (Å²) in [5, 5.41) is 3.67. The Hall–Kier alpha value is -1.48. The Labute approximate surface area is 163 Å². The van der Waals surface area contributed by atoms with Gasteiger partial charge in [0.25, 0.3) is 10.0 Å². The summed E-state index contributed by atoms with van der Waals surface area (Å²) >= 11 is 5.93. The number of nitrogens with zero attached hydrogens (tertiary/aromatic N) is 2. The molecule has 0 amide bonds. The van der Waals surface area contributed by atoms with Crippen molar-refractivity contribution in [2.45, 2.75) is 17.7 Å². The molecule has 25 heavy (non-hydrogen) atoms. The van der Waals surface area contributed by atoms with E-state index in [2.05, 4.69) is 20.3 Å². The van der Waals surface area contributed by atoms with Gasteiger partial charge in [-0.1, -0.05) is 46.3 Å². The van der Waals surface area contributed by atoms with E-state index in [-0.39, 0.29) is 4.21 Å². The van der Waals surface area contributed by atoms with Crippen molar-refractivity contribution in [1.29, 1.82) is 0 Å². The molecule has 3 rings (SSSR count). The number of rotatable bonds is 5. The first-order valence-electron chi connectivity index (χ1n) is 7.41. The molecule has 0 radical (unpaired) electrons. The fourth-order valence-electron chi connectivity index (χ4n) is 2.20. The van der Waals surface area contributed by atoms with Gasteiger partial charge in [0.2, 0.25) is 4.80 Å². The standard InChI is InChI=1S/C17H15BrN2O2S3/c1-2-3-10-20-15(13-6-8-14(18)9-7-13)12-24-17(20)19-25(21,22)16-5-4-11-23-16/h2-9,11-12H,10H2,1H3/b3-2+,19-17?. The average Bonchev–Trinajstić information content (AvgIpc) is 3.24. The Morgan fingerprint density at radius 2 is 1.96 bits per heavy atom. The zero-order valence-corrected chi connectivity index (χ0v) is 17.3. The number of sulfonamides is 1. The van der Waals surface area contributed by atoms with Crippen molar-refractivity contribution in [3.63, 3.8) is 0 Å². The van der Waals surface area contributed by atoms with E-state index < -0.39 is 10.0 Å². The molecule has 0 spiro atoms. The van der Waals surface area contributed by atoms with Crippen LogP contribution in [0, 0.1) is 0 Å². The summed E-state index contributed by atoms with van der Waals surface area (Å²) < 4.78 is 32.2. The van der Waals surface area contributed by atoms with Crippen molar-refractivity contribution in [2.24, 2.45) is 4.40 Å². The Balaban J connectivity index is 2.14. The first-order valence-corrected chi connectivity index (χ1v) is 11.4. The zero-order valence-electron chi connectivity index (χ0n) is 13.3. The molecule has 0 saturated carbocycles. The summed E-state index contributed by atoms with van der Waals surface area (Å²) in [5.41, 5.74) is 1.95. The lowest BCUT2D eigenvalue weighted by Gasteiger charge is -2.07. The van der Waals surface area contributed by atoms with E-state index in [1.54, 1.807) is 17.5 Å². The first kappa shape index (κ1) is 18.3. The van der Waals surface area contributed by atoms with Gasteiger partial charge in [0.05, 0.1) is 5.69 Å². The van der Waals surface area contributed by atoms with Crippen molar-refractivity contribution < 1.29 is 8.42 Å². The molecule has 0 aliphatic carbocycles. The van der Waals surface area contributed by atoms with Crippen molar-refractivity contribution in [2.75, 3.05) is 0 Å². The third-order valence-corrected chi connectivity index (χ3v) is 7.56. The predicted octanol–water partition coefficient (Wildman–Crippen LogP) is 4.91. The summed E-state index contributed by atoms with van der Waals surface area (Å²) in [5.74, 6) is 0. The first-order chi connectivity index (χ1) is 12.0. The molecule has 1 aromatic carbocycles. The Morgan fingerprint density at radius 3 is 2.60 bits per heavy atom. The molecule has 0 bridgehead atoms. The number of halogens is 1. The summed E-state index contributed by atoms with van der Waals surface area (Å²) in [4.78, 5) is 0.462. The smallest absolute Gasteiger partial charge is 0.294 e. The van der Waals surface area contributed by atoms with E-state index >= 15 is 0 Å². The monoisotopic (exact) mass is 454 g/mol. The second-order valence-corrected chi connectivity index (χ2v) is 9.62. The van der Waals surface area contributed by atoms with Crippen molar-refractivity contribution in [1.82, 2.24) is 4.57 Å². The van der Waals surface area contributed by atoms with Crippen LogP contribution in [0.5, 0.6) is 0 Å². The zero-order chi connectivity index (χ0) is 17.9. The molecule has 0 aliphatic rings. The molecule has 0 unspecified atom stereocenters. The Kier molecular flexibility index (Phi) is 5.73. The fourth-order valence-corrected chi connectivity index (χ4v) is 5.57. The molecule has 0 saturated heterocycles. The molecule has 8 heteroatoms. The van der Waals surface area contributed by atoms with Gasteiger partial charge in [0.15, 0.2) is 0 Å². The minimum absolute atomic E-state index is 0.253. The van der Waals surface area contributed by atoms with Gasteiger partial charge < -0.3 is 4.57 Å². The molecule has 4 nitrogen and oxygen atoms in total. The van der Waals surface area contributed by atoms with Crippen LogP contribution in [0.2, 0.25) is 0 Å². The number of thiazole rings is 1. The number of hydrogen-bond acceptors (Lipinski definition) is 4. The van der Waals surface area contributed by atoms with E-state index in [1.165, 1.54) is 22.7 Å². The molecule has 2 aromatic heterocycles. The highest BCUT2D eigenvalue weighted by Gasteiger charge is 2.15. The lowest BCUT2D eigenvalue weighted by Crippen LogP contribution is -2.17. The highest BCUT2D eigenvalue weighted by atomic mass is 79.9. The molecule has 3 aromatic rings. The minimum Gasteiger partial charge on any atom is -0.312 e. The quantitative estimate of drug-likeness (QED) is 0.514. The second kappa shape index (κ2) is 7.82. The minimum atomic E-state index is -3.69. The number of thiophene rings is 1. The lowest BCUT2D eigenvalue weighted by atomic mass is 10.2. The van der Waals surface area contributed by atoms with Gasteiger partial charge in [-0.15, -0.1) is 27.1 Å². The van der Waals surface area contributed by atoms with Crippen molar-refractivity contribution >= 4 is 48.6 Å². The topological polar surface area (TPSA) is 51.4 Å². The molecule has 0 atom stereocenters. The lowest BCUT2D eigenvalue weighted by molar-refractivity contribution is 0.597. The van der Waals surface area contributed by atoms with Crippen LogP contribution in [0.1, 0.15) is 6.92 Å². The number of aromatic nitrogens is 1. The van der Waals surface area contributed by atoms with Gasteiger partial charge in [0.1, 0.15) is 4.21 Å². The van der Waals surface area contributed by atoms with Crippen molar-refractivity contribution in [3.05, 3.63) is 68.6 Å². The maximum Gasteiger partial charge on any atom is 0.294 e. The van der Waals surface area contributed by atoms with Crippen LogP contribution in [-0.2, 0) is 16.6 Å². The molecule has 0 N–H and O–H groups in total. The normalized spacial score (nSPS) is 13.0. The average molecular weight is 455 g/mol. The third kappa shape index (κ3) is 4.20. The Morgan fingerprint density at radius 1 is 1.20 bits per heavy atom. The highest BCUT2D eigenvalue weighted by molar-refractivity contribution is 9.10. The van der Waals surface area contributed by atoms with Crippen LogP contribution in [0.15, 0.2) is 72.4 Å². The molecule has 0 fully saturated rings. The SMILES string of the molecule is C/C=C/Cn1c(-c2ccc(Br)cc2)csc1=NS(=O)(=O)c1cccs1. The van der Waals surface area contributed by atoms with Crippen LogP contribution >= 0.6 is 38.6 Å². The Bertz CT molecular complexity index is 1040. The molecule has 0 aliphatic heterocycles. The molecular formula is C17H15BrN2O2S3. The summed E-state index contributed by atoms with van der Waals surface area (Å²) in [6.45, 7) is 2.50. The maximum atomic E-state index is 12.5. The molecule has 2 heterocycles. The summed E-state index contributed by atoms with van der Waals surface area (Å²) in [6.07, 6.45) is 3.92. The van der Waals surface area contributed by atoms with E-state index in [0.717, 1.165) is 15.7 Å². The van der Waals surface area contributed by atoms with E-state index in [1.807, 2.05) is 53.3 Å². The van der Waals surface area contributed by atoms with Crippen LogP contribution in [-0.4, -0.2) is 13.0 Å². The highest BCUT2D eigenvalue weighted by Crippen LogP contribution is 2.23. The van der Waals surface area contributed by atoms with E-state index in [0.29, 0.717) is 11.3 Å². The van der Waals surface area contributed by atoms with Crippen LogP contribution < -0.4 is 4.80 Å². The van der Waals surface area contributed by atoms with Gasteiger partial charge in [-0.05, 0) is 36.1 Å². The number of benzene rings is 1. The molecular weight excluding hydrogens is 440 g/mol. The molecule has 130 valence electrons. The summed E-state index contributed by atoms with van der Waals surface area (Å²) in [7, 11) is -3.69. The maximum absolute atomic E-state index is 12.5. The van der Waals surface area contributed by atoms with Crippen LogP contribution in [0.3, 0.4) is 0 Å². The summed E-state index contributed by atoms with van der Waals surface area (Å²) in [6, 6.07) is 11.2. The van der Waals surface area contributed by atoms with Crippen LogP contribution in [0.4, 0.5) is 0 Å². The third-order valence-electron chi connectivity index (χ3n) is 3.41.